The first kappa shape index (κ1) is 26.0. The summed E-state index contributed by atoms with van der Waals surface area (Å²) >= 11 is 0. The molecule has 1 aromatic heterocycles. The molecule has 0 saturated heterocycles. The van der Waals surface area contributed by atoms with Gasteiger partial charge in [-0.25, -0.2) is 4.79 Å². The van der Waals surface area contributed by atoms with Crippen molar-refractivity contribution in [3.05, 3.63) is 64.1 Å². The van der Waals surface area contributed by atoms with Crippen LogP contribution in [0.2, 0.25) is 0 Å². The average Bonchev–Trinajstić information content (AvgIpc) is 2.75. The van der Waals surface area contributed by atoms with Gasteiger partial charge in [0.05, 0.1) is 12.0 Å². The number of carbonyl (C=O) groups excluding carboxylic acids is 1. The van der Waals surface area contributed by atoms with Gasteiger partial charge in [0.1, 0.15) is 6.61 Å². The van der Waals surface area contributed by atoms with Gasteiger partial charge in [0.2, 0.25) is 5.75 Å². The fourth-order valence-corrected chi connectivity index (χ4v) is 3.11. The molecule has 0 spiro atoms. The number of benzene rings is 1. The van der Waals surface area contributed by atoms with Gasteiger partial charge < -0.3 is 18.6 Å². The molecular weight excluding hydrogens is 420 g/mol. The first-order valence-electron chi connectivity index (χ1n) is 11.3. The Morgan fingerprint density at radius 3 is 2.48 bits per heavy atom. The molecule has 0 N–H and O–H groups in total. The molecule has 0 atom stereocenters. The molecule has 33 heavy (non-hydrogen) atoms. The van der Waals surface area contributed by atoms with Crippen molar-refractivity contribution < 1.29 is 23.4 Å². The molecule has 1 aromatic carbocycles. The fourth-order valence-electron chi connectivity index (χ4n) is 3.11. The zero-order chi connectivity index (χ0) is 24.2. The van der Waals surface area contributed by atoms with Gasteiger partial charge in [-0.1, -0.05) is 42.4 Å². The SMILES string of the molecule is CC/C=C/CCOc1c(OC(C)=O)c2cccc(OC/C=C(\C)CCC=C(C)C)c2oc1=O. The highest BCUT2D eigenvalue weighted by Crippen LogP contribution is 2.37. The number of para-hydroxylation sites is 1. The van der Waals surface area contributed by atoms with Crippen LogP contribution in [0.4, 0.5) is 0 Å². The van der Waals surface area contributed by atoms with Crippen LogP contribution in [0.5, 0.6) is 17.2 Å². The van der Waals surface area contributed by atoms with E-state index in [2.05, 4.69) is 26.8 Å². The summed E-state index contributed by atoms with van der Waals surface area (Å²) in [5.41, 5.74) is 2.01. The van der Waals surface area contributed by atoms with Crippen LogP contribution in [0.3, 0.4) is 0 Å². The monoisotopic (exact) mass is 454 g/mol. The molecule has 0 saturated carbocycles. The fraction of sp³-hybridized carbons (Fsp3) is 0.407. The van der Waals surface area contributed by atoms with Crippen molar-refractivity contribution >= 4 is 16.9 Å². The number of allylic oxidation sites excluding steroid dienone is 4. The minimum atomic E-state index is -0.720. The summed E-state index contributed by atoms with van der Waals surface area (Å²) in [5.74, 6) is -0.232. The van der Waals surface area contributed by atoms with Crippen LogP contribution < -0.4 is 19.8 Å². The maximum atomic E-state index is 12.7. The molecule has 178 valence electrons. The number of fused-ring (bicyclic) bond motifs is 1. The summed E-state index contributed by atoms with van der Waals surface area (Å²) < 4.78 is 22.4. The first-order chi connectivity index (χ1) is 15.8. The average molecular weight is 455 g/mol. The number of esters is 1. The summed E-state index contributed by atoms with van der Waals surface area (Å²) in [4.78, 5) is 24.4. The normalized spacial score (nSPS) is 11.6. The summed E-state index contributed by atoms with van der Waals surface area (Å²) in [5, 5.41) is 0.436. The molecule has 0 aliphatic heterocycles. The number of hydrogen-bond acceptors (Lipinski definition) is 6. The molecule has 0 unspecified atom stereocenters. The van der Waals surface area contributed by atoms with Crippen molar-refractivity contribution in [1.29, 1.82) is 0 Å². The third-order valence-electron chi connectivity index (χ3n) is 4.75. The summed E-state index contributed by atoms with van der Waals surface area (Å²) in [6.45, 7) is 10.1. The Morgan fingerprint density at radius 2 is 1.79 bits per heavy atom. The van der Waals surface area contributed by atoms with Crippen LogP contribution in [0.25, 0.3) is 11.0 Å². The van der Waals surface area contributed by atoms with Crippen LogP contribution in [0.15, 0.2) is 62.9 Å². The third-order valence-corrected chi connectivity index (χ3v) is 4.75. The lowest BCUT2D eigenvalue weighted by molar-refractivity contribution is -0.131. The topological polar surface area (TPSA) is 75.0 Å². The molecular formula is C27H34O6. The molecule has 0 bridgehead atoms. The van der Waals surface area contributed by atoms with E-state index in [1.54, 1.807) is 18.2 Å². The number of ether oxygens (including phenoxy) is 3. The Balaban J connectivity index is 2.28. The van der Waals surface area contributed by atoms with E-state index in [9.17, 15) is 9.59 Å². The van der Waals surface area contributed by atoms with Gasteiger partial charge in [0.15, 0.2) is 17.1 Å². The molecule has 2 rings (SSSR count). The van der Waals surface area contributed by atoms with Gasteiger partial charge in [0, 0.05) is 6.92 Å². The molecule has 6 heteroatoms. The predicted octanol–water partition coefficient (Wildman–Crippen LogP) is 6.52. The first-order valence-corrected chi connectivity index (χ1v) is 11.3. The van der Waals surface area contributed by atoms with Crippen molar-refractivity contribution in [3.63, 3.8) is 0 Å². The van der Waals surface area contributed by atoms with Gasteiger partial charge in [-0.05, 0) is 64.7 Å². The summed E-state index contributed by atoms with van der Waals surface area (Å²) in [6, 6.07) is 5.17. The number of carbonyl (C=O) groups is 1. The van der Waals surface area contributed by atoms with Gasteiger partial charge in [0.25, 0.3) is 0 Å². The van der Waals surface area contributed by atoms with Crippen molar-refractivity contribution in [2.75, 3.05) is 13.2 Å². The second kappa shape index (κ2) is 13.3. The molecule has 6 nitrogen and oxygen atoms in total. The highest BCUT2D eigenvalue weighted by atomic mass is 16.6. The molecule has 0 amide bonds. The van der Waals surface area contributed by atoms with E-state index in [1.165, 1.54) is 18.1 Å². The van der Waals surface area contributed by atoms with Gasteiger partial charge >= 0.3 is 11.6 Å². The maximum absolute atomic E-state index is 12.7. The highest BCUT2D eigenvalue weighted by Gasteiger charge is 2.21. The lowest BCUT2D eigenvalue weighted by Gasteiger charge is -2.13. The van der Waals surface area contributed by atoms with Gasteiger partial charge in [-0.3, -0.25) is 4.79 Å². The van der Waals surface area contributed by atoms with Crippen molar-refractivity contribution in [3.8, 4) is 17.2 Å². The molecule has 2 aromatic rings. The van der Waals surface area contributed by atoms with Crippen LogP contribution in [0.1, 0.15) is 60.3 Å². The highest BCUT2D eigenvalue weighted by molar-refractivity contribution is 5.91. The van der Waals surface area contributed by atoms with Crippen LogP contribution >= 0.6 is 0 Å². The van der Waals surface area contributed by atoms with Gasteiger partial charge in [-0.2, -0.15) is 0 Å². The zero-order valence-corrected chi connectivity index (χ0v) is 20.2. The molecule has 0 aliphatic rings. The molecule has 0 fully saturated rings. The molecule has 0 aliphatic carbocycles. The quantitative estimate of drug-likeness (QED) is 0.157. The second-order valence-corrected chi connectivity index (χ2v) is 7.97. The van der Waals surface area contributed by atoms with E-state index >= 15 is 0 Å². The Bertz CT molecular complexity index is 1080. The van der Waals surface area contributed by atoms with E-state index in [0.29, 0.717) is 24.2 Å². The standard InChI is InChI=1S/C27H34O6/c1-6-7-8-9-17-31-26-25(32-21(5)28)22-14-11-15-23(24(22)33-27(26)29)30-18-16-20(4)13-10-12-19(2)3/h7-8,11-12,14-16H,6,9-10,13,17-18H2,1-5H3/b8-7+,20-16+. The summed E-state index contributed by atoms with van der Waals surface area (Å²) in [6.07, 6.45) is 11.7. The Hall–Kier alpha value is -3.28. The minimum absolute atomic E-state index is 0.0483. The number of rotatable bonds is 12. The number of hydrogen-bond donors (Lipinski definition) is 0. The minimum Gasteiger partial charge on any atom is -0.486 e. The molecule has 0 radical (unpaired) electrons. The van der Waals surface area contributed by atoms with Crippen LogP contribution in [0, 0.1) is 0 Å². The third kappa shape index (κ3) is 8.29. The second-order valence-electron chi connectivity index (χ2n) is 7.97. The van der Waals surface area contributed by atoms with E-state index < -0.39 is 11.6 Å². The van der Waals surface area contributed by atoms with Gasteiger partial charge in [-0.15, -0.1) is 0 Å². The van der Waals surface area contributed by atoms with Crippen molar-refractivity contribution in [1.82, 2.24) is 0 Å². The lowest BCUT2D eigenvalue weighted by atomic mass is 10.1. The lowest BCUT2D eigenvalue weighted by Crippen LogP contribution is -2.13. The van der Waals surface area contributed by atoms with Crippen molar-refractivity contribution in [2.24, 2.45) is 0 Å². The Morgan fingerprint density at radius 1 is 1.00 bits per heavy atom. The van der Waals surface area contributed by atoms with E-state index in [1.807, 2.05) is 25.2 Å². The smallest absolute Gasteiger partial charge is 0.383 e. The van der Waals surface area contributed by atoms with E-state index in [0.717, 1.165) is 19.3 Å². The van der Waals surface area contributed by atoms with Crippen LogP contribution in [-0.4, -0.2) is 19.2 Å². The zero-order valence-electron chi connectivity index (χ0n) is 20.2. The largest absolute Gasteiger partial charge is 0.486 e. The predicted molar refractivity (Wildman–Crippen MR) is 131 cm³/mol. The summed E-state index contributed by atoms with van der Waals surface area (Å²) in [7, 11) is 0. The van der Waals surface area contributed by atoms with E-state index in [-0.39, 0.29) is 23.7 Å². The Labute approximate surface area is 195 Å². The van der Waals surface area contributed by atoms with E-state index in [4.69, 9.17) is 18.6 Å². The van der Waals surface area contributed by atoms with Crippen molar-refractivity contribution in [2.45, 2.75) is 60.3 Å². The maximum Gasteiger partial charge on any atom is 0.383 e. The van der Waals surface area contributed by atoms with Crippen LogP contribution in [-0.2, 0) is 4.79 Å². The Kier molecular flexibility index (Phi) is 10.5. The molecule has 1 heterocycles.